The van der Waals surface area contributed by atoms with Gasteiger partial charge < -0.3 is 19.3 Å². The average Bonchev–Trinajstić information content (AvgIpc) is 3.25. The van der Waals surface area contributed by atoms with Crippen LogP contribution in [0.2, 0.25) is 0 Å². The first-order valence-corrected chi connectivity index (χ1v) is 11.0. The molecule has 1 aliphatic rings. The van der Waals surface area contributed by atoms with Crippen molar-refractivity contribution in [3.05, 3.63) is 62.8 Å². The molecule has 0 saturated heterocycles. The fraction of sp³-hybridized carbons (Fsp3) is 0.364. The number of amides is 1. The maximum Gasteiger partial charge on any atom is 0.274 e. The summed E-state index contributed by atoms with van der Waals surface area (Å²) in [5, 5.41) is 19.9. The number of carbonyl (C=O) groups is 1. The van der Waals surface area contributed by atoms with Gasteiger partial charge in [0.2, 0.25) is 5.43 Å². The van der Waals surface area contributed by atoms with E-state index in [1.807, 2.05) is 13.8 Å². The number of methoxy groups -OCH3 is 1. The van der Waals surface area contributed by atoms with Crippen molar-refractivity contribution in [2.75, 3.05) is 13.7 Å². The number of fused-ring (bicyclic) bond motifs is 1. The van der Waals surface area contributed by atoms with Gasteiger partial charge >= 0.3 is 0 Å². The molecule has 0 radical (unpaired) electrons. The molecule has 2 atom stereocenters. The van der Waals surface area contributed by atoms with Crippen LogP contribution in [0.4, 0.5) is 4.39 Å². The lowest BCUT2D eigenvalue weighted by Crippen LogP contribution is -2.53. The highest BCUT2D eigenvalue weighted by molar-refractivity contribution is 7.14. The maximum atomic E-state index is 13.1. The summed E-state index contributed by atoms with van der Waals surface area (Å²) in [7, 11) is 1.58. The van der Waals surface area contributed by atoms with E-state index in [-0.39, 0.29) is 29.2 Å². The third kappa shape index (κ3) is 3.91. The number of ether oxygens (including phenoxy) is 1. The van der Waals surface area contributed by atoms with E-state index in [1.54, 1.807) is 34.9 Å². The van der Waals surface area contributed by atoms with Crippen LogP contribution >= 0.6 is 11.3 Å². The molecule has 168 valence electrons. The lowest BCUT2D eigenvalue weighted by atomic mass is 10.0. The third-order valence-corrected chi connectivity index (χ3v) is 6.68. The molecule has 10 heteroatoms. The average molecular weight is 459 g/mol. The van der Waals surface area contributed by atoms with E-state index < -0.39 is 17.1 Å². The van der Waals surface area contributed by atoms with Gasteiger partial charge in [-0.25, -0.2) is 4.39 Å². The molecule has 2 aromatic heterocycles. The van der Waals surface area contributed by atoms with Gasteiger partial charge in [0, 0.05) is 32.8 Å². The summed E-state index contributed by atoms with van der Waals surface area (Å²) in [6.07, 6.45) is 1.76. The molecule has 3 aromatic rings. The number of benzene rings is 1. The highest BCUT2D eigenvalue weighted by Crippen LogP contribution is 2.30. The molecule has 0 spiro atoms. The Morgan fingerprint density at radius 3 is 2.66 bits per heavy atom. The van der Waals surface area contributed by atoms with E-state index in [0.29, 0.717) is 29.5 Å². The number of pyridine rings is 1. The Morgan fingerprint density at radius 1 is 1.28 bits per heavy atom. The van der Waals surface area contributed by atoms with Crippen LogP contribution in [-0.2, 0) is 17.7 Å². The molecule has 1 N–H and O–H groups in total. The SMILES string of the molecule is CCN1C(=O)c2c(O)c(=O)c(-c3nnc(Cc4ccc(F)cc4)s3)cn2C[C@H]1[C@H](C)OC. The minimum atomic E-state index is -0.664. The predicted molar refractivity (Wildman–Crippen MR) is 117 cm³/mol. The van der Waals surface area contributed by atoms with Crippen molar-refractivity contribution in [3.63, 3.8) is 0 Å². The van der Waals surface area contributed by atoms with Crippen molar-refractivity contribution in [1.82, 2.24) is 19.7 Å². The van der Waals surface area contributed by atoms with Crippen molar-refractivity contribution >= 4 is 17.2 Å². The molecule has 0 aliphatic carbocycles. The minimum Gasteiger partial charge on any atom is -0.503 e. The fourth-order valence-electron chi connectivity index (χ4n) is 3.91. The second-order valence-corrected chi connectivity index (χ2v) is 8.69. The zero-order valence-corrected chi connectivity index (χ0v) is 18.7. The zero-order chi connectivity index (χ0) is 23.0. The molecule has 1 amide bonds. The van der Waals surface area contributed by atoms with Crippen LogP contribution in [0.15, 0.2) is 35.3 Å². The van der Waals surface area contributed by atoms with Gasteiger partial charge in [0.25, 0.3) is 5.91 Å². The normalized spacial score (nSPS) is 16.8. The molecule has 3 heterocycles. The van der Waals surface area contributed by atoms with Crippen LogP contribution in [0.1, 0.15) is 34.9 Å². The van der Waals surface area contributed by atoms with Crippen LogP contribution in [0.25, 0.3) is 10.6 Å². The summed E-state index contributed by atoms with van der Waals surface area (Å²) in [5.41, 5.74) is 0.344. The quantitative estimate of drug-likeness (QED) is 0.610. The van der Waals surface area contributed by atoms with Crippen molar-refractivity contribution in [2.45, 2.75) is 39.0 Å². The topological polar surface area (TPSA) is 97.5 Å². The zero-order valence-electron chi connectivity index (χ0n) is 17.9. The van der Waals surface area contributed by atoms with Gasteiger partial charge in [-0.2, -0.15) is 0 Å². The van der Waals surface area contributed by atoms with Gasteiger partial charge in [-0.15, -0.1) is 10.2 Å². The van der Waals surface area contributed by atoms with Crippen LogP contribution in [-0.4, -0.2) is 56.5 Å². The monoisotopic (exact) mass is 458 g/mol. The second-order valence-electron chi connectivity index (χ2n) is 7.63. The first-order valence-electron chi connectivity index (χ1n) is 10.2. The van der Waals surface area contributed by atoms with Gasteiger partial charge in [-0.05, 0) is 31.5 Å². The van der Waals surface area contributed by atoms with Crippen LogP contribution in [0, 0.1) is 5.82 Å². The van der Waals surface area contributed by atoms with Gasteiger partial charge in [0.1, 0.15) is 10.8 Å². The van der Waals surface area contributed by atoms with Crippen molar-refractivity contribution in [3.8, 4) is 16.3 Å². The summed E-state index contributed by atoms with van der Waals surface area (Å²) >= 11 is 1.22. The van der Waals surface area contributed by atoms with Gasteiger partial charge in [0.15, 0.2) is 16.5 Å². The van der Waals surface area contributed by atoms with E-state index in [1.165, 1.54) is 23.5 Å². The Labute approximate surface area is 187 Å². The lowest BCUT2D eigenvalue weighted by molar-refractivity contribution is 0.00983. The van der Waals surface area contributed by atoms with Gasteiger partial charge in [-0.3, -0.25) is 9.59 Å². The lowest BCUT2D eigenvalue weighted by Gasteiger charge is -2.39. The van der Waals surface area contributed by atoms with Crippen molar-refractivity contribution < 1.29 is 19.0 Å². The summed E-state index contributed by atoms with van der Waals surface area (Å²) < 4.78 is 20.2. The number of carbonyl (C=O) groups excluding carboxylic acids is 1. The van der Waals surface area contributed by atoms with Crippen LogP contribution in [0.5, 0.6) is 5.75 Å². The predicted octanol–water partition coefficient (Wildman–Crippen LogP) is 2.68. The summed E-state index contributed by atoms with van der Waals surface area (Å²) in [5.74, 6) is -1.32. The molecule has 0 unspecified atom stereocenters. The maximum absolute atomic E-state index is 13.1. The summed E-state index contributed by atoms with van der Waals surface area (Å²) in [6, 6.07) is 5.83. The van der Waals surface area contributed by atoms with Crippen LogP contribution < -0.4 is 5.43 Å². The Bertz CT molecular complexity index is 1210. The standard InChI is InChI=1S/C22H23FN4O4S/c1-4-27-16(12(2)31-3)11-26-10-15(19(28)20(29)18(26)22(27)30)21-25-24-17(32-21)9-13-5-7-14(23)8-6-13/h5-8,10,12,16,29H,4,9,11H2,1-3H3/t12-,16-/m0/s1. The molecule has 8 nitrogen and oxygen atoms in total. The number of hydrogen-bond donors (Lipinski definition) is 1. The highest BCUT2D eigenvalue weighted by Gasteiger charge is 2.37. The molecule has 32 heavy (non-hydrogen) atoms. The number of likely N-dealkylation sites (N-methyl/N-ethyl adjacent to an activating group) is 1. The van der Waals surface area contributed by atoms with E-state index in [9.17, 15) is 19.1 Å². The molecule has 1 aromatic carbocycles. The molecule has 0 bridgehead atoms. The van der Waals surface area contributed by atoms with Crippen molar-refractivity contribution in [1.29, 1.82) is 0 Å². The van der Waals surface area contributed by atoms with E-state index in [2.05, 4.69) is 10.2 Å². The number of halogens is 1. The molecular formula is C22H23FN4O4S. The van der Waals surface area contributed by atoms with E-state index >= 15 is 0 Å². The summed E-state index contributed by atoms with van der Waals surface area (Å²) in [4.78, 5) is 27.5. The van der Waals surface area contributed by atoms with Crippen molar-refractivity contribution in [2.24, 2.45) is 0 Å². The molecule has 1 aliphatic heterocycles. The van der Waals surface area contributed by atoms with E-state index in [0.717, 1.165) is 5.56 Å². The molecular weight excluding hydrogens is 435 g/mol. The Balaban J connectivity index is 1.71. The highest BCUT2D eigenvalue weighted by atomic mass is 32.1. The number of rotatable bonds is 6. The number of aromatic nitrogens is 3. The molecule has 0 saturated carbocycles. The van der Waals surface area contributed by atoms with Crippen LogP contribution in [0.3, 0.4) is 0 Å². The second kappa shape index (κ2) is 8.79. The van der Waals surface area contributed by atoms with E-state index in [4.69, 9.17) is 4.74 Å². The summed E-state index contributed by atoms with van der Waals surface area (Å²) in [6.45, 7) is 4.51. The molecule has 4 rings (SSSR count). The minimum absolute atomic E-state index is 0.0313. The fourth-order valence-corrected chi connectivity index (χ4v) is 4.79. The largest absolute Gasteiger partial charge is 0.503 e. The molecule has 0 fully saturated rings. The smallest absolute Gasteiger partial charge is 0.274 e. The number of nitrogens with zero attached hydrogens (tertiary/aromatic N) is 4. The first kappa shape index (κ1) is 22.1. The Hall–Kier alpha value is -3.11. The van der Waals surface area contributed by atoms with Gasteiger partial charge in [0.05, 0.1) is 17.7 Å². The Morgan fingerprint density at radius 2 is 2.00 bits per heavy atom. The first-order chi connectivity index (χ1) is 15.3. The van der Waals surface area contributed by atoms with Gasteiger partial charge in [-0.1, -0.05) is 23.5 Å². The third-order valence-electron chi connectivity index (χ3n) is 5.72. The number of aromatic hydroxyl groups is 1. The number of hydrogen-bond acceptors (Lipinski definition) is 7. The Kier molecular flexibility index (Phi) is 6.07.